The van der Waals surface area contributed by atoms with E-state index in [1.54, 1.807) is 4.90 Å². The van der Waals surface area contributed by atoms with Gasteiger partial charge in [0.25, 0.3) is 0 Å². The van der Waals surface area contributed by atoms with Crippen molar-refractivity contribution in [3.05, 3.63) is 6.54 Å². The van der Waals surface area contributed by atoms with Crippen LogP contribution in [0.1, 0.15) is 26.2 Å². The van der Waals surface area contributed by atoms with Crippen LogP contribution in [0, 0.1) is 6.54 Å². The third kappa shape index (κ3) is 2.81. The normalized spacial score (nSPS) is 17.9. The van der Waals surface area contributed by atoms with Crippen molar-refractivity contribution in [3.8, 4) is 0 Å². The first kappa shape index (κ1) is 9.52. The van der Waals surface area contributed by atoms with Crippen molar-refractivity contribution in [2.75, 3.05) is 19.8 Å². The molecule has 0 N–H and O–H groups in total. The smallest absolute Gasteiger partial charge is 0.248 e. The van der Waals surface area contributed by atoms with E-state index in [0.717, 1.165) is 19.4 Å². The van der Waals surface area contributed by atoms with Crippen molar-refractivity contribution in [3.63, 3.8) is 0 Å². The van der Waals surface area contributed by atoms with Gasteiger partial charge in [0.05, 0.1) is 6.54 Å². The molecule has 0 aromatic carbocycles. The van der Waals surface area contributed by atoms with E-state index in [4.69, 9.17) is 4.74 Å². The van der Waals surface area contributed by atoms with Crippen molar-refractivity contribution in [2.45, 2.75) is 26.2 Å². The lowest BCUT2D eigenvalue weighted by molar-refractivity contribution is -0.135. The van der Waals surface area contributed by atoms with Gasteiger partial charge in [0.1, 0.15) is 6.61 Å². The van der Waals surface area contributed by atoms with Gasteiger partial charge in [-0.15, -0.1) is 0 Å². The SMILES string of the molecule is CCOCC(=O)N1[CH]CCCC1. The molecule has 1 fully saturated rings. The summed E-state index contributed by atoms with van der Waals surface area (Å²) in [5, 5.41) is 0. The summed E-state index contributed by atoms with van der Waals surface area (Å²) in [5.41, 5.74) is 0. The molecule has 12 heavy (non-hydrogen) atoms. The molecule has 0 aromatic heterocycles. The number of hydrogen-bond acceptors (Lipinski definition) is 2. The first-order valence-corrected chi connectivity index (χ1v) is 4.55. The summed E-state index contributed by atoms with van der Waals surface area (Å²) in [6, 6.07) is 0. The first-order chi connectivity index (χ1) is 5.84. The van der Waals surface area contributed by atoms with Gasteiger partial charge in [-0.3, -0.25) is 4.79 Å². The lowest BCUT2D eigenvalue weighted by Gasteiger charge is -2.25. The molecule has 0 aromatic rings. The maximum atomic E-state index is 11.3. The number of rotatable bonds is 3. The highest BCUT2D eigenvalue weighted by molar-refractivity contribution is 5.78. The molecule has 3 heteroatoms. The van der Waals surface area contributed by atoms with Crippen LogP contribution in [-0.2, 0) is 9.53 Å². The molecule has 1 amide bonds. The third-order valence-corrected chi connectivity index (χ3v) is 1.95. The molecular weight excluding hydrogens is 154 g/mol. The molecular formula is C9H16NO2. The van der Waals surface area contributed by atoms with Gasteiger partial charge in [0.2, 0.25) is 5.91 Å². The van der Waals surface area contributed by atoms with Gasteiger partial charge >= 0.3 is 0 Å². The van der Waals surface area contributed by atoms with Gasteiger partial charge in [0, 0.05) is 13.2 Å². The number of amides is 1. The van der Waals surface area contributed by atoms with Crippen LogP contribution in [0.4, 0.5) is 0 Å². The quantitative estimate of drug-likeness (QED) is 0.637. The summed E-state index contributed by atoms with van der Waals surface area (Å²) in [7, 11) is 0. The molecule has 1 heterocycles. The number of hydrogen-bond donors (Lipinski definition) is 0. The number of carbonyl (C=O) groups is 1. The lowest BCUT2D eigenvalue weighted by atomic mass is 10.1. The van der Waals surface area contributed by atoms with Gasteiger partial charge in [-0.2, -0.15) is 0 Å². The van der Waals surface area contributed by atoms with Crippen molar-refractivity contribution >= 4 is 5.91 Å². The minimum atomic E-state index is 0.0940. The minimum absolute atomic E-state index is 0.0940. The van der Waals surface area contributed by atoms with Crippen LogP contribution < -0.4 is 0 Å². The predicted molar refractivity (Wildman–Crippen MR) is 46.4 cm³/mol. The summed E-state index contributed by atoms with van der Waals surface area (Å²) < 4.78 is 5.04. The maximum Gasteiger partial charge on any atom is 0.248 e. The second-order valence-electron chi connectivity index (χ2n) is 2.90. The van der Waals surface area contributed by atoms with Crippen LogP contribution in [0.5, 0.6) is 0 Å². The van der Waals surface area contributed by atoms with E-state index in [1.165, 1.54) is 6.42 Å². The second kappa shape index (κ2) is 5.14. The molecule has 3 nitrogen and oxygen atoms in total. The molecule has 1 radical (unpaired) electrons. The zero-order valence-electron chi connectivity index (χ0n) is 7.58. The van der Waals surface area contributed by atoms with Crippen LogP contribution in [0.3, 0.4) is 0 Å². The van der Waals surface area contributed by atoms with Gasteiger partial charge < -0.3 is 9.64 Å². The van der Waals surface area contributed by atoms with Crippen molar-refractivity contribution in [1.82, 2.24) is 4.90 Å². The maximum absolute atomic E-state index is 11.3. The van der Waals surface area contributed by atoms with Gasteiger partial charge in [-0.25, -0.2) is 0 Å². The minimum Gasteiger partial charge on any atom is -0.372 e. The van der Waals surface area contributed by atoms with Crippen LogP contribution in [0.25, 0.3) is 0 Å². The topological polar surface area (TPSA) is 29.5 Å². The average molecular weight is 170 g/mol. The highest BCUT2D eigenvalue weighted by Gasteiger charge is 2.15. The Kier molecular flexibility index (Phi) is 4.08. The van der Waals surface area contributed by atoms with Gasteiger partial charge in [-0.1, -0.05) is 0 Å². The molecule has 69 valence electrons. The summed E-state index contributed by atoms with van der Waals surface area (Å²) in [4.78, 5) is 13.1. The third-order valence-electron chi connectivity index (χ3n) is 1.95. The number of piperidine rings is 1. The van der Waals surface area contributed by atoms with E-state index in [1.807, 2.05) is 13.5 Å². The average Bonchev–Trinajstić information content (AvgIpc) is 2.15. The molecule has 0 aliphatic carbocycles. The Hall–Kier alpha value is -0.570. The Morgan fingerprint density at radius 1 is 1.58 bits per heavy atom. The molecule has 0 bridgehead atoms. The van der Waals surface area contributed by atoms with E-state index < -0.39 is 0 Å². The Morgan fingerprint density at radius 3 is 3.00 bits per heavy atom. The van der Waals surface area contributed by atoms with E-state index >= 15 is 0 Å². The Morgan fingerprint density at radius 2 is 2.42 bits per heavy atom. The fourth-order valence-electron chi connectivity index (χ4n) is 1.26. The zero-order valence-corrected chi connectivity index (χ0v) is 7.58. The number of likely N-dealkylation sites (tertiary alicyclic amines) is 1. The van der Waals surface area contributed by atoms with Gasteiger partial charge in [-0.05, 0) is 26.2 Å². The fourth-order valence-corrected chi connectivity index (χ4v) is 1.26. The number of nitrogens with zero attached hydrogens (tertiary/aromatic N) is 1. The Bertz CT molecular complexity index is 141. The Labute approximate surface area is 73.7 Å². The summed E-state index contributed by atoms with van der Waals surface area (Å²) in [6.45, 7) is 5.58. The van der Waals surface area contributed by atoms with Crippen molar-refractivity contribution < 1.29 is 9.53 Å². The highest BCUT2D eigenvalue weighted by Crippen LogP contribution is 2.12. The van der Waals surface area contributed by atoms with E-state index in [2.05, 4.69) is 0 Å². The summed E-state index contributed by atoms with van der Waals surface area (Å²) >= 11 is 0. The van der Waals surface area contributed by atoms with Crippen LogP contribution in [0.15, 0.2) is 0 Å². The molecule has 0 unspecified atom stereocenters. The number of carbonyl (C=O) groups excluding carboxylic acids is 1. The second-order valence-corrected chi connectivity index (χ2v) is 2.90. The Balaban J connectivity index is 2.20. The molecule has 1 rings (SSSR count). The lowest BCUT2D eigenvalue weighted by Crippen LogP contribution is -2.34. The van der Waals surface area contributed by atoms with Gasteiger partial charge in [0.15, 0.2) is 0 Å². The van der Waals surface area contributed by atoms with E-state index in [0.29, 0.717) is 6.61 Å². The molecule has 0 atom stereocenters. The molecule has 0 spiro atoms. The van der Waals surface area contributed by atoms with Crippen LogP contribution in [-0.4, -0.2) is 30.6 Å². The first-order valence-electron chi connectivity index (χ1n) is 4.55. The molecule has 0 saturated carbocycles. The van der Waals surface area contributed by atoms with E-state index in [9.17, 15) is 4.79 Å². The van der Waals surface area contributed by atoms with E-state index in [-0.39, 0.29) is 12.5 Å². The van der Waals surface area contributed by atoms with Crippen molar-refractivity contribution in [1.29, 1.82) is 0 Å². The predicted octanol–water partition coefficient (Wildman–Crippen LogP) is 1.20. The molecule has 1 saturated heterocycles. The van der Waals surface area contributed by atoms with Crippen LogP contribution in [0.2, 0.25) is 0 Å². The number of ether oxygens (including phenoxy) is 1. The molecule has 1 aliphatic rings. The molecule has 1 aliphatic heterocycles. The largest absolute Gasteiger partial charge is 0.372 e. The zero-order chi connectivity index (χ0) is 8.81. The van der Waals surface area contributed by atoms with Crippen LogP contribution >= 0.6 is 0 Å². The van der Waals surface area contributed by atoms with Crippen molar-refractivity contribution in [2.24, 2.45) is 0 Å². The fraction of sp³-hybridized carbons (Fsp3) is 0.778. The summed E-state index contributed by atoms with van der Waals surface area (Å²) in [5.74, 6) is 0.0940. The standard InChI is InChI=1S/C9H16NO2/c1-2-12-8-9(11)10-6-4-3-5-7-10/h6H,2-5,7-8H2,1H3. The summed E-state index contributed by atoms with van der Waals surface area (Å²) in [6.07, 6.45) is 3.35. The monoisotopic (exact) mass is 170 g/mol. The highest BCUT2D eigenvalue weighted by atomic mass is 16.5.